The van der Waals surface area contributed by atoms with Crippen LogP contribution in [0.2, 0.25) is 0 Å². The molecule has 0 spiro atoms. The molecular weight excluding hydrogens is 418 g/mol. The van der Waals surface area contributed by atoms with E-state index in [1.54, 1.807) is 11.3 Å². The molecule has 0 saturated heterocycles. The average Bonchev–Trinajstić information content (AvgIpc) is 3.06. The van der Waals surface area contributed by atoms with E-state index in [9.17, 15) is 9.59 Å². The van der Waals surface area contributed by atoms with Gasteiger partial charge in [0, 0.05) is 18.9 Å². The predicted molar refractivity (Wildman–Crippen MR) is 125 cm³/mol. The zero-order chi connectivity index (χ0) is 22.3. The molecule has 4 bridgehead atoms. The van der Waals surface area contributed by atoms with Crippen LogP contribution in [0.5, 0.6) is 0 Å². The van der Waals surface area contributed by atoms with E-state index in [1.165, 1.54) is 43.4 Å². The first-order valence-corrected chi connectivity index (χ1v) is 12.9. The Morgan fingerprint density at radius 1 is 1.12 bits per heavy atom. The molecule has 32 heavy (non-hydrogen) atoms. The van der Waals surface area contributed by atoms with E-state index in [0.717, 1.165) is 23.1 Å². The maximum atomic E-state index is 12.7. The maximum absolute atomic E-state index is 12.7. The van der Waals surface area contributed by atoms with Crippen molar-refractivity contribution in [3.8, 4) is 0 Å². The van der Waals surface area contributed by atoms with E-state index in [-0.39, 0.29) is 17.2 Å². The van der Waals surface area contributed by atoms with Crippen molar-refractivity contribution in [2.24, 2.45) is 22.7 Å². The highest BCUT2D eigenvalue weighted by molar-refractivity contribution is 7.09. The number of ether oxygens (including phenoxy) is 1. The highest BCUT2D eigenvalue weighted by Crippen LogP contribution is 2.66. The van der Waals surface area contributed by atoms with Crippen LogP contribution in [-0.4, -0.2) is 18.4 Å². The summed E-state index contributed by atoms with van der Waals surface area (Å²) in [6, 6.07) is 9.41. The van der Waals surface area contributed by atoms with Gasteiger partial charge >= 0.3 is 5.97 Å². The highest BCUT2D eigenvalue weighted by Gasteiger charge is 2.56. The molecule has 1 heterocycles. The minimum atomic E-state index is -0.0168. The van der Waals surface area contributed by atoms with Crippen LogP contribution in [0.25, 0.3) is 0 Å². The van der Waals surface area contributed by atoms with E-state index in [4.69, 9.17) is 4.74 Å². The number of ketones is 1. The number of Topliss-reactive ketones (excluding diaryl/α,β-unsaturated/α-hetero) is 1. The molecule has 6 rings (SSSR count). The van der Waals surface area contributed by atoms with Crippen LogP contribution in [0.4, 0.5) is 0 Å². The summed E-state index contributed by atoms with van der Waals surface area (Å²) in [4.78, 5) is 26.4. The number of hydrogen-bond acceptors (Lipinski definition) is 4. The molecule has 0 N–H and O–H groups in total. The van der Waals surface area contributed by atoms with Crippen molar-refractivity contribution in [1.29, 1.82) is 0 Å². The summed E-state index contributed by atoms with van der Waals surface area (Å²) < 4.78 is 7.73. The predicted octanol–water partition coefficient (Wildman–Crippen LogP) is 5.31. The largest absolute Gasteiger partial charge is 0.465 e. The summed E-state index contributed by atoms with van der Waals surface area (Å²) in [5, 5.41) is 0. The molecule has 5 heteroatoms. The first-order chi connectivity index (χ1) is 15.3. The lowest BCUT2D eigenvalue weighted by molar-refractivity contribution is -0.684. The average molecular weight is 453 g/mol. The van der Waals surface area contributed by atoms with Gasteiger partial charge in [0.2, 0.25) is 17.8 Å². The topological polar surface area (TPSA) is 47.2 Å². The number of thiazole rings is 1. The fourth-order valence-corrected chi connectivity index (χ4v) is 8.44. The van der Waals surface area contributed by atoms with Gasteiger partial charge in [0.15, 0.2) is 5.69 Å². The number of nitrogens with zero attached hydrogens (tertiary/aromatic N) is 1. The fourth-order valence-electron chi connectivity index (χ4n) is 7.47. The molecule has 170 valence electrons. The van der Waals surface area contributed by atoms with Crippen molar-refractivity contribution in [3.63, 3.8) is 0 Å². The summed E-state index contributed by atoms with van der Waals surface area (Å²) in [7, 11) is 0. The van der Waals surface area contributed by atoms with Crippen molar-refractivity contribution < 1.29 is 18.9 Å². The lowest BCUT2D eigenvalue weighted by atomic mass is 9.44. The standard InChI is InChI=1S/C27H34NO3S/c1-19-24(32-18-28(19)16-23(29)22-6-4-3-5-7-22)8-9-31-25(30)15-27-13-20-10-21(14-27)12-26(2,11-20)17-27/h3-7,18,20-21H,8-17H2,1-2H3/q+1/t20-,21-,26?,27?/m1/s1. The number of benzene rings is 1. The Morgan fingerprint density at radius 2 is 1.84 bits per heavy atom. The molecule has 4 aliphatic rings. The number of aromatic nitrogens is 1. The number of esters is 1. The monoisotopic (exact) mass is 452 g/mol. The maximum Gasteiger partial charge on any atom is 0.306 e. The number of carbonyl (C=O) groups excluding carboxylic acids is 2. The molecule has 4 fully saturated rings. The van der Waals surface area contributed by atoms with Crippen LogP contribution in [-0.2, 0) is 22.5 Å². The normalized spacial score (nSPS) is 30.4. The molecule has 4 aliphatic carbocycles. The second-order valence-corrected chi connectivity index (χ2v) is 12.0. The van der Waals surface area contributed by atoms with Crippen LogP contribution in [0.1, 0.15) is 72.8 Å². The minimum Gasteiger partial charge on any atom is -0.465 e. The molecule has 2 aromatic rings. The lowest BCUT2D eigenvalue weighted by Gasteiger charge is -2.61. The van der Waals surface area contributed by atoms with E-state index in [0.29, 0.717) is 31.4 Å². The minimum absolute atomic E-state index is 0.0168. The molecule has 0 aliphatic heterocycles. The Morgan fingerprint density at radius 3 is 2.53 bits per heavy atom. The van der Waals surface area contributed by atoms with Crippen LogP contribution < -0.4 is 4.57 Å². The van der Waals surface area contributed by atoms with Gasteiger partial charge in [-0.2, -0.15) is 4.57 Å². The molecule has 1 aromatic heterocycles. The summed E-state index contributed by atoms with van der Waals surface area (Å²) in [5.74, 6) is 1.75. The molecule has 0 unspecified atom stereocenters. The summed E-state index contributed by atoms with van der Waals surface area (Å²) in [6.07, 6.45) is 9.10. The summed E-state index contributed by atoms with van der Waals surface area (Å²) >= 11 is 1.64. The molecule has 0 amide bonds. The van der Waals surface area contributed by atoms with Gasteiger partial charge in [0.25, 0.3) is 0 Å². The molecule has 4 saturated carbocycles. The Kier molecular flexibility index (Phi) is 5.73. The first kappa shape index (κ1) is 21.8. The third-order valence-corrected chi connectivity index (χ3v) is 9.30. The lowest BCUT2D eigenvalue weighted by Crippen LogP contribution is -2.51. The zero-order valence-corrected chi connectivity index (χ0v) is 20.1. The smallest absolute Gasteiger partial charge is 0.306 e. The van der Waals surface area contributed by atoms with Gasteiger partial charge in [-0.05, 0) is 61.2 Å². The van der Waals surface area contributed by atoms with Crippen molar-refractivity contribution >= 4 is 23.1 Å². The Bertz CT molecular complexity index is 997. The van der Waals surface area contributed by atoms with Crippen molar-refractivity contribution in [2.75, 3.05) is 6.61 Å². The van der Waals surface area contributed by atoms with Crippen molar-refractivity contribution in [1.82, 2.24) is 0 Å². The summed E-state index contributed by atoms with van der Waals surface area (Å²) in [6.45, 7) is 5.26. The fraction of sp³-hybridized carbons (Fsp3) is 0.593. The Balaban J connectivity index is 1.13. The molecule has 1 aromatic carbocycles. The second-order valence-electron chi connectivity index (χ2n) is 11.1. The van der Waals surface area contributed by atoms with Gasteiger partial charge < -0.3 is 4.74 Å². The van der Waals surface area contributed by atoms with Crippen LogP contribution >= 0.6 is 11.3 Å². The van der Waals surface area contributed by atoms with Gasteiger partial charge in [-0.15, -0.1) is 0 Å². The quantitative estimate of drug-likeness (QED) is 0.310. The van der Waals surface area contributed by atoms with E-state index in [2.05, 4.69) is 6.92 Å². The Labute approximate surface area is 195 Å². The van der Waals surface area contributed by atoms with Crippen molar-refractivity contribution in [3.05, 3.63) is 52.0 Å². The Hall–Kier alpha value is -2.01. The third-order valence-electron chi connectivity index (χ3n) is 8.15. The molecule has 2 atom stereocenters. The number of hydrogen-bond donors (Lipinski definition) is 0. The highest BCUT2D eigenvalue weighted by atomic mass is 32.1. The molecular formula is C27H34NO3S+. The van der Waals surface area contributed by atoms with Gasteiger partial charge in [-0.1, -0.05) is 48.6 Å². The van der Waals surface area contributed by atoms with Crippen LogP contribution in [0.15, 0.2) is 35.8 Å². The van der Waals surface area contributed by atoms with Gasteiger partial charge in [-0.25, -0.2) is 0 Å². The van der Waals surface area contributed by atoms with E-state index < -0.39 is 0 Å². The van der Waals surface area contributed by atoms with Crippen molar-refractivity contribution in [2.45, 2.75) is 71.8 Å². The SMILES string of the molecule is Cc1c(CCOC(=O)CC23C[C@@H]4C[C@H](CC(C)(C4)C2)C3)sc[n+]1CC(=O)c1ccccc1. The van der Waals surface area contributed by atoms with Crippen LogP contribution in [0.3, 0.4) is 0 Å². The third kappa shape index (κ3) is 4.41. The summed E-state index contributed by atoms with van der Waals surface area (Å²) in [5.41, 5.74) is 4.49. The molecule has 4 nitrogen and oxygen atoms in total. The second kappa shape index (κ2) is 8.40. The number of carbonyl (C=O) groups is 2. The number of rotatable bonds is 8. The van der Waals surface area contributed by atoms with Gasteiger partial charge in [0.1, 0.15) is 0 Å². The van der Waals surface area contributed by atoms with Gasteiger partial charge in [-0.3, -0.25) is 9.59 Å². The van der Waals surface area contributed by atoms with E-state index >= 15 is 0 Å². The first-order valence-electron chi connectivity index (χ1n) is 12.0. The van der Waals surface area contributed by atoms with E-state index in [1.807, 2.05) is 47.3 Å². The molecule has 0 radical (unpaired) electrons. The van der Waals surface area contributed by atoms with Crippen LogP contribution in [0, 0.1) is 29.6 Å². The van der Waals surface area contributed by atoms with Gasteiger partial charge in [0.05, 0.1) is 17.9 Å². The zero-order valence-electron chi connectivity index (χ0n) is 19.3.